The van der Waals surface area contributed by atoms with Crippen molar-refractivity contribution in [3.63, 3.8) is 0 Å². The van der Waals surface area contributed by atoms with Crippen LogP contribution < -0.4 is 5.32 Å². The maximum atomic E-state index is 5.42. The third-order valence-electron chi connectivity index (χ3n) is 3.55. The number of unbranched alkanes of at least 4 members (excludes halogenated alkanes) is 1. The van der Waals surface area contributed by atoms with E-state index >= 15 is 0 Å². The van der Waals surface area contributed by atoms with E-state index in [1.54, 1.807) is 0 Å². The second-order valence-electron chi connectivity index (χ2n) is 5.49. The molecule has 132 valence electrons. The van der Waals surface area contributed by atoms with Gasteiger partial charge in [0.2, 0.25) is 0 Å². The van der Waals surface area contributed by atoms with E-state index in [9.17, 15) is 0 Å². The Bertz CT molecular complexity index is 612. The highest BCUT2D eigenvalue weighted by Gasteiger charge is 2.08. The Labute approximate surface area is 161 Å². The highest BCUT2D eigenvalue weighted by Crippen LogP contribution is 2.19. The fourth-order valence-corrected chi connectivity index (χ4v) is 2.25. The van der Waals surface area contributed by atoms with Crippen LogP contribution >= 0.6 is 24.0 Å². The van der Waals surface area contributed by atoms with Gasteiger partial charge in [0.05, 0.1) is 6.54 Å². The van der Waals surface area contributed by atoms with Crippen molar-refractivity contribution in [3.8, 4) is 11.3 Å². The van der Waals surface area contributed by atoms with Crippen molar-refractivity contribution in [1.82, 2.24) is 15.4 Å². The van der Waals surface area contributed by atoms with Gasteiger partial charge in [-0.15, -0.1) is 24.0 Å². The number of hydrogen-bond acceptors (Lipinski definition) is 3. The number of nitrogens with zero attached hydrogens (tertiary/aromatic N) is 3. The normalized spacial score (nSPS) is 11.0. The number of guanidine groups is 1. The van der Waals surface area contributed by atoms with Gasteiger partial charge in [-0.25, -0.2) is 4.99 Å². The predicted molar refractivity (Wildman–Crippen MR) is 110 cm³/mol. The predicted octanol–water partition coefficient (Wildman–Crippen LogP) is 4.16. The van der Waals surface area contributed by atoms with E-state index in [0.717, 1.165) is 42.5 Å². The fourth-order valence-electron chi connectivity index (χ4n) is 2.25. The lowest BCUT2D eigenvalue weighted by Gasteiger charge is -2.21. The monoisotopic (exact) mass is 442 g/mol. The van der Waals surface area contributed by atoms with Crippen LogP contribution in [-0.2, 0) is 6.54 Å². The van der Waals surface area contributed by atoms with E-state index in [2.05, 4.69) is 41.3 Å². The van der Waals surface area contributed by atoms with Crippen LogP contribution in [-0.4, -0.2) is 36.2 Å². The van der Waals surface area contributed by atoms with Gasteiger partial charge in [0, 0.05) is 31.8 Å². The summed E-state index contributed by atoms with van der Waals surface area (Å²) in [5.74, 6) is 1.69. The maximum absolute atomic E-state index is 5.42. The molecule has 0 radical (unpaired) electrons. The largest absolute Gasteiger partial charge is 0.357 e. The van der Waals surface area contributed by atoms with Gasteiger partial charge in [-0.05, 0) is 13.3 Å². The number of rotatable bonds is 7. The van der Waals surface area contributed by atoms with Crippen LogP contribution in [0, 0.1) is 0 Å². The molecular weight excluding hydrogens is 415 g/mol. The molecule has 0 spiro atoms. The number of aromatic nitrogens is 1. The minimum atomic E-state index is 0. The van der Waals surface area contributed by atoms with Crippen molar-refractivity contribution >= 4 is 29.9 Å². The molecule has 5 nitrogen and oxygen atoms in total. The van der Waals surface area contributed by atoms with Crippen LogP contribution in [0.4, 0.5) is 0 Å². The van der Waals surface area contributed by atoms with Gasteiger partial charge in [-0.3, -0.25) is 0 Å². The van der Waals surface area contributed by atoms with Crippen molar-refractivity contribution in [2.75, 3.05) is 20.1 Å². The van der Waals surface area contributed by atoms with Crippen molar-refractivity contribution in [3.05, 3.63) is 42.1 Å². The van der Waals surface area contributed by atoms with Gasteiger partial charge in [0.1, 0.15) is 5.69 Å². The van der Waals surface area contributed by atoms with E-state index in [1.165, 1.54) is 6.42 Å². The Morgan fingerprint density at radius 3 is 2.67 bits per heavy atom. The van der Waals surface area contributed by atoms with Crippen molar-refractivity contribution < 1.29 is 4.52 Å². The average Bonchev–Trinajstić information content (AvgIpc) is 3.06. The number of aliphatic imine (C=N–C) groups is 1. The highest BCUT2D eigenvalue weighted by molar-refractivity contribution is 14.0. The van der Waals surface area contributed by atoms with E-state index in [4.69, 9.17) is 4.52 Å². The molecule has 0 aliphatic heterocycles. The third kappa shape index (κ3) is 6.14. The quantitative estimate of drug-likeness (QED) is 0.398. The Balaban J connectivity index is 0.00000288. The molecule has 0 saturated carbocycles. The molecule has 1 heterocycles. The smallest absolute Gasteiger partial charge is 0.194 e. The molecule has 2 aromatic rings. The first kappa shape index (κ1) is 20.5. The van der Waals surface area contributed by atoms with Crippen LogP contribution in [0.15, 0.2) is 45.9 Å². The molecule has 6 heteroatoms. The highest BCUT2D eigenvalue weighted by atomic mass is 127. The Kier molecular flexibility index (Phi) is 9.44. The van der Waals surface area contributed by atoms with E-state index < -0.39 is 0 Å². The first-order chi connectivity index (χ1) is 11.2. The first-order valence-corrected chi connectivity index (χ1v) is 8.25. The van der Waals surface area contributed by atoms with E-state index in [0.29, 0.717) is 6.54 Å². The molecule has 1 aromatic carbocycles. The van der Waals surface area contributed by atoms with Gasteiger partial charge < -0.3 is 14.7 Å². The summed E-state index contributed by atoms with van der Waals surface area (Å²) in [4.78, 5) is 6.81. The molecule has 1 aromatic heterocycles. The average molecular weight is 442 g/mol. The van der Waals surface area contributed by atoms with Crippen molar-refractivity contribution in [2.45, 2.75) is 33.2 Å². The molecule has 1 N–H and O–H groups in total. The summed E-state index contributed by atoms with van der Waals surface area (Å²) in [6, 6.07) is 11.9. The molecule has 0 unspecified atom stereocenters. The lowest BCUT2D eigenvalue weighted by molar-refractivity contribution is 0.423. The standard InChI is InChI=1S/C18H26N4O.HI/c1-4-6-12-22(3)18(19-5-2)20-14-16-13-17(23-21-16)15-10-8-7-9-11-15;/h7-11,13H,4-6,12,14H2,1-3H3,(H,19,20);1H. The van der Waals surface area contributed by atoms with Crippen LogP contribution in [0.25, 0.3) is 11.3 Å². The van der Waals surface area contributed by atoms with Crippen LogP contribution in [0.2, 0.25) is 0 Å². The van der Waals surface area contributed by atoms with Crippen LogP contribution in [0.5, 0.6) is 0 Å². The van der Waals surface area contributed by atoms with Crippen molar-refractivity contribution in [2.24, 2.45) is 4.99 Å². The molecule has 24 heavy (non-hydrogen) atoms. The van der Waals surface area contributed by atoms with Gasteiger partial charge >= 0.3 is 0 Å². The second kappa shape index (κ2) is 11.1. The summed E-state index contributed by atoms with van der Waals surface area (Å²) in [7, 11) is 2.06. The molecule has 0 aliphatic rings. The number of hydrogen-bond donors (Lipinski definition) is 1. The van der Waals surface area contributed by atoms with Gasteiger partial charge in [0.15, 0.2) is 11.7 Å². The zero-order valence-corrected chi connectivity index (χ0v) is 17.0. The van der Waals surface area contributed by atoms with Crippen molar-refractivity contribution in [1.29, 1.82) is 0 Å². The molecule has 2 rings (SSSR count). The Morgan fingerprint density at radius 2 is 2.00 bits per heavy atom. The summed E-state index contributed by atoms with van der Waals surface area (Å²) in [5, 5.41) is 7.44. The van der Waals surface area contributed by atoms with Gasteiger partial charge in [0.25, 0.3) is 0 Å². The SMILES string of the molecule is CCCCN(C)C(=NCc1cc(-c2ccccc2)on1)NCC.I. The summed E-state index contributed by atoms with van der Waals surface area (Å²) in [6.45, 7) is 6.63. The maximum Gasteiger partial charge on any atom is 0.194 e. The molecule has 0 saturated heterocycles. The van der Waals surface area contributed by atoms with Gasteiger partial charge in [-0.1, -0.05) is 48.8 Å². The number of halogens is 1. The zero-order valence-electron chi connectivity index (χ0n) is 14.7. The minimum absolute atomic E-state index is 0. The summed E-state index contributed by atoms with van der Waals surface area (Å²) >= 11 is 0. The number of nitrogens with one attached hydrogen (secondary N) is 1. The summed E-state index contributed by atoms with van der Waals surface area (Å²) < 4.78 is 5.42. The molecule has 0 atom stereocenters. The molecule has 0 amide bonds. The molecular formula is C18H27IN4O. The molecule has 0 fully saturated rings. The van der Waals surface area contributed by atoms with Crippen LogP contribution in [0.1, 0.15) is 32.4 Å². The lowest BCUT2D eigenvalue weighted by Crippen LogP contribution is -2.39. The van der Waals surface area contributed by atoms with E-state index in [1.807, 2.05) is 36.4 Å². The first-order valence-electron chi connectivity index (χ1n) is 8.25. The summed E-state index contributed by atoms with van der Waals surface area (Å²) in [5.41, 5.74) is 1.87. The topological polar surface area (TPSA) is 53.7 Å². The zero-order chi connectivity index (χ0) is 16.5. The molecule has 0 aliphatic carbocycles. The Hall–Kier alpha value is -1.57. The Morgan fingerprint density at radius 1 is 1.25 bits per heavy atom. The number of benzene rings is 1. The summed E-state index contributed by atoms with van der Waals surface area (Å²) in [6.07, 6.45) is 2.33. The third-order valence-corrected chi connectivity index (χ3v) is 3.55. The van der Waals surface area contributed by atoms with Gasteiger partial charge in [-0.2, -0.15) is 0 Å². The second-order valence-corrected chi connectivity index (χ2v) is 5.49. The molecule has 0 bridgehead atoms. The fraction of sp³-hybridized carbons (Fsp3) is 0.444. The lowest BCUT2D eigenvalue weighted by atomic mass is 10.2. The van der Waals surface area contributed by atoms with E-state index in [-0.39, 0.29) is 24.0 Å². The minimum Gasteiger partial charge on any atom is -0.357 e. The van der Waals surface area contributed by atoms with Crippen LogP contribution in [0.3, 0.4) is 0 Å².